The van der Waals surface area contributed by atoms with Gasteiger partial charge in [-0.05, 0) is 12.1 Å². The van der Waals surface area contributed by atoms with Crippen molar-refractivity contribution in [3.05, 3.63) is 24.5 Å². The van der Waals surface area contributed by atoms with E-state index in [2.05, 4.69) is 4.98 Å². The molecular formula is C18H23F3N4O6. The number of aliphatic carboxylic acids is 1. The number of amides is 3. The van der Waals surface area contributed by atoms with Gasteiger partial charge >= 0.3 is 18.2 Å². The summed E-state index contributed by atoms with van der Waals surface area (Å²) in [4.78, 5) is 42.5. The number of halogens is 3. The maximum absolute atomic E-state index is 12.3. The lowest BCUT2D eigenvalue weighted by Crippen LogP contribution is -2.61. The van der Waals surface area contributed by atoms with Crippen molar-refractivity contribution >= 4 is 23.6 Å². The molecule has 0 saturated carbocycles. The van der Waals surface area contributed by atoms with Gasteiger partial charge in [-0.2, -0.15) is 13.2 Å². The second kappa shape index (κ2) is 9.92. The predicted molar refractivity (Wildman–Crippen MR) is 100 cm³/mol. The number of urea groups is 1. The number of rotatable bonds is 1. The Morgan fingerprint density at radius 2 is 1.97 bits per heavy atom. The molecule has 1 atom stereocenters. The lowest BCUT2D eigenvalue weighted by Gasteiger charge is -2.43. The molecule has 1 N–H and O–H groups in total. The number of morpholine rings is 1. The van der Waals surface area contributed by atoms with Crippen LogP contribution in [0, 0.1) is 0 Å². The molecule has 0 radical (unpaired) electrons. The summed E-state index contributed by atoms with van der Waals surface area (Å²) in [7, 11) is 3.43. The molecule has 1 unspecified atom stereocenters. The third kappa shape index (κ3) is 6.52. The van der Waals surface area contributed by atoms with Gasteiger partial charge in [-0.1, -0.05) is 0 Å². The second-order valence-corrected chi connectivity index (χ2v) is 7.12. The number of aromatic nitrogens is 1. The minimum atomic E-state index is -5.08. The van der Waals surface area contributed by atoms with Gasteiger partial charge in [0.15, 0.2) is 0 Å². The molecular weight excluding hydrogens is 425 g/mol. The van der Waals surface area contributed by atoms with E-state index < -0.39 is 17.7 Å². The van der Waals surface area contributed by atoms with Crippen LogP contribution >= 0.6 is 0 Å². The van der Waals surface area contributed by atoms with Crippen molar-refractivity contribution in [2.24, 2.45) is 0 Å². The highest BCUT2D eigenvalue weighted by Crippen LogP contribution is 2.27. The van der Waals surface area contributed by atoms with Gasteiger partial charge in [0.25, 0.3) is 5.91 Å². The minimum Gasteiger partial charge on any atom is -0.475 e. The Balaban J connectivity index is 0.000000423. The predicted octanol–water partition coefficient (Wildman–Crippen LogP) is 0.831. The van der Waals surface area contributed by atoms with Crippen molar-refractivity contribution in [3.63, 3.8) is 0 Å². The van der Waals surface area contributed by atoms with E-state index >= 15 is 0 Å². The van der Waals surface area contributed by atoms with Crippen molar-refractivity contribution in [1.82, 2.24) is 14.8 Å². The molecule has 2 aliphatic heterocycles. The van der Waals surface area contributed by atoms with E-state index in [1.165, 1.54) is 4.90 Å². The van der Waals surface area contributed by atoms with Crippen LogP contribution in [0.2, 0.25) is 0 Å². The van der Waals surface area contributed by atoms with E-state index in [0.717, 1.165) is 5.69 Å². The Hall–Kier alpha value is -2.93. The highest BCUT2D eigenvalue weighted by Gasteiger charge is 2.44. The molecule has 2 aliphatic rings. The van der Waals surface area contributed by atoms with Crippen molar-refractivity contribution < 1.29 is 42.1 Å². The summed E-state index contributed by atoms with van der Waals surface area (Å²) >= 11 is 0. The van der Waals surface area contributed by atoms with Crippen molar-refractivity contribution in [3.8, 4) is 0 Å². The average molecular weight is 448 g/mol. The van der Waals surface area contributed by atoms with Crippen molar-refractivity contribution in [2.45, 2.75) is 11.8 Å². The van der Waals surface area contributed by atoms with Crippen LogP contribution in [-0.4, -0.2) is 103 Å². The quantitative estimate of drug-likeness (QED) is 0.677. The van der Waals surface area contributed by atoms with Gasteiger partial charge in [0.1, 0.15) is 12.2 Å². The fraction of sp³-hybridized carbons (Fsp3) is 0.556. The zero-order valence-electron chi connectivity index (χ0n) is 17.0. The van der Waals surface area contributed by atoms with Crippen molar-refractivity contribution in [1.29, 1.82) is 0 Å². The topological polar surface area (TPSA) is 113 Å². The molecule has 1 aromatic heterocycles. The van der Waals surface area contributed by atoms with Crippen LogP contribution in [0.3, 0.4) is 0 Å². The number of nitrogens with zero attached hydrogens (tertiary/aromatic N) is 4. The third-order valence-corrected chi connectivity index (χ3v) is 4.45. The van der Waals surface area contributed by atoms with E-state index in [1.807, 2.05) is 6.07 Å². The highest BCUT2D eigenvalue weighted by molar-refractivity contribution is 5.95. The van der Waals surface area contributed by atoms with E-state index in [9.17, 15) is 22.8 Å². The maximum atomic E-state index is 12.3. The largest absolute Gasteiger partial charge is 0.490 e. The standard InChI is InChI=1S/C16H22N4O4.C2HF3O2/c1-18(2)15(22)19-6-7-23-12-16(10-19)11-20(14(21)9-24-16)13-4-3-5-17-8-13;3-2(4,5)1(6)7/h3-5,8H,6-7,9-12H2,1-2H3;(H,6,7). The molecule has 13 heteroatoms. The molecule has 3 amide bonds. The SMILES string of the molecule is CN(C)C(=O)N1CCOCC2(C1)CN(c1cccnc1)C(=O)CO2.O=C(O)C(F)(F)F. The first kappa shape index (κ1) is 24.3. The summed E-state index contributed by atoms with van der Waals surface area (Å²) in [5.41, 5.74) is -0.00810. The molecule has 2 fully saturated rings. The molecule has 0 bridgehead atoms. The van der Waals surface area contributed by atoms with E-state index in [1.54, 1.807) is 42.4 Å². The normalized spacial score (nSPS) is 21.8. The molecule has 0 aromatic carbocycles. The van der Waals surface area contributed by atoms with E-state index in [-0.39, 0.29) is 18.5 Å². The van der Waals surface area contributed by atoms with Crippen LogP contribution in [0.5, 0.6) is 0 Å². The zero-order valence-corrected chi connectivity index (χ0v) is 17.0. The number of ether oxygens (including phenoxy) is 2. The van der Waals surface area contributed by atoms with Gasteiger partial charge in [0, 0.05) is 26.8 Å². The van der Waals surface area contributed by atoms with Crippen LogP contribution in [0.15, 0.2) is 24.5 Å². The summed E-state index contributed by atoms with van der Waals surface area (Å²) in [6, 6.07) is 3.54. The Kier molecular flexibility index (Phi) is 7.79. The Morgan fingerprint density at radius 3 is 2.52 bits per heavy atom. The Morgan fingerprint density at radius 1 is 1.29 bits per heavy atom. The molecule has 2 saturated heterocycles. The van der Waals surface area contributed by atoms with Crippen molar-refractivity contribution in [2.75, 3.05) is 58.5 Å². The summed E-state index contributed by atoms with van der Waals surface area (Å²) in [5, 5.41) is 7.12. The number of carboxylic acids is 1. The van der Waals surface area contributed by atoms with Crippen LogP contribution < -0.4 is 4.90 Å². The van der Waals surface area contributed by atoms with Crippen LogP contribution in [-0.2, 0) is 19.1 Å². The molecule has 10 nitrogen and oxygen atoms in total. The van der Waals surface area contributed by atoms with Crippen LogP contribution in [0.1, 0.15) is 0 Å². The zero-order chi connectivity index (χ0) is 23.2. The first-order valence-electron chi connectivity index (χ1n) is 9.14. The molecule has 3 rings (SSSR count). The number of hydrogen-bond donors (Lipinski definition) is 1. The van der Waals surface area contributed by atoms with Gasteiger partial charge in [-0.15, -0.1) is 0 Å². The summed E-state index contributed by atoms with van der Waals surface area (Å²) in [6.45, 7) is 1.97. The lowest BCUT2D eigenvalue weighted by molar-refractivity contribution is -0.192. The van der Waals surface area contributed by atoms with Gasteiger partial charge in [-0.25, -0.2) is 9.59 Å². The maximum Gasteiger partial charge on any atom is 0.490 e. The number of carbonyl (C=O) groups excluding carboxylic acids is 2. The fourth-order valence-electron chi connectivity index (χ4n) is 3.00. The summed E-state index contributed by atoms with van der Waals surface area (Å²) in [5.74, 6) is -2.88. The molecule has 31 heavy (non-hydrogen) atoms. The molecule has 1 aromatic rings. The number of anilines is 1. The average Bonchev–Trinajstić information content (AvgIpc) is 2.92. The number of pyridine rings is 1. The molecule has 1 spiro atoms. The van der Waals surface area contributed by atoms with E-state index in [0.29, 0.717) is 32.8 Å². The van der Waals surface area contributed by atoms with E-state index in [4.69, 9.17) is 19.4 Å². The van der Waals surface area contributed by atoms with Crippen LogP contribution in [0.4, 0.5) is 23.7 Å². The third-order valence-electron chi connectivity index (χ3n) is 4.45. The highest BCUT2D eigenvalue weighted by atomic mass is 19.4. The van der Waals surface area contributed by atoms with Gasteiger partial charge in [0.05, 0.1) is 38.2 Å². The van der Waals surface area contributed by atoms with Gasteiger partial charge < -0.3 is 29.3 Å². The Bertz CT molecular complexity index is 792. The number of alkyl halides is 3. The number of carbonyl (C=O) groups is 3. The van der Waals surface area contributed by atoms with Gasteiger partial charge in [-0.3, -0.25) is 9.78 Å². The molecule has 0 aliphatic carbocycles. The lowest BCUT2D eigenvalue weighted by atomic mass is 10.0. The first-order valence-corrected chi connectivity index (χ1v) is 9.14. The minimum absolute atomic E-state index is 0.0394. The molecule has 172 valence electrons. The monoisotopic (exact) mass is 448 g/mol. The summed E-state index contributed by atoms with van der Waals surface area (Å²) in [6.07, 6.45) is -1.77. The Labute approximate surface area is 176 Å². The summed E-state index contributed by atoms with van der Waals surface area (Å²) < 4.78 is 43.3. The van der Waals surface area contributed by atoms with Gasteiger partial charge in [0.2, 0.25) is 0 Å². The van der Waals surface area contributed by atoms with Crippen LogP contribution in [0.25, 0.3) is 0 Å². The number of hydrogen-bond acceptors (Lipinski definition) is 6. The molecule has 3 heterocycles. The fourth-order valence-corrected chi connectivity index (χ4v) is 3.00. The second-order valence-electron chi connectivity index (χ2n) is 7.12. The first-order chi connectivity index (χ1) is 14.4. The smallest absolute Gasteiger partial charge is 0.475 e. The number of carboxylic acid groups (broad SMARTS) is 1.